The Morgan fingerprint density at radius 1 is 1.00 bits per heavy atom. The quantitative estimate of drug-likeness (QED) is 0.634. The van der Waals surface area contributed by atoms with E-state index < -0.39 is 10.0 Å². The first-order chi connectivity index (χ1) is 13.1. The number of hydrogen-bond acceptors (Lipinski definition) is 5. The molecule has 0 bridgehead atoms. The molecule has 0 aromatic heterocycles. The van der Waals surface area contributed by atoms with E-state index >= 15 is 0 Å². The summed E-state index contributed by atoms with van der Waals surface area (Å²) in [6, 6.07) is 6.17. The van der Waals surface area contributed by atoms with E-state index in [9.17, 15) is 13.2 Å². The number of morpholine rings is 1. The van der Waals surface area contributed by atoms with Crippen LogP contribution in [0.3, 0.4) is 0 Å². The number of halogens is 1. The first kappa shape index (κ1) is 23.1. The number of rotatable bonds is 8. The van der Waals surface area contributed by atoms with Crippen molar-refractivity contribution >= 4 is 28.3 Å². The van der Waals surface area contributed by atoms with Crippen molar-refractivity contribution in [3.05, 3.63) is 29.8 Å². The summed E-state index contributed by atoms with van der Waals surface area (Å²) < 4.78 is 31.8. The molecule has 2 aliphatic heterocycles. The van der Waals surface area contributed by atoms with Gasteiger partial charge in [0.25, 0.3) is 5.91 Å². The Labute approximate surface area is 173 Å². The third-order valence-corrected chi connectivity index (χ3v) is 7.02. The third kappa shape index (κ3) is 6.15. The zero-order valence-electron chi connectivity index (χ0n) is 16.1. The summed E-state index contributed by atoms with van der Waals surface area (Å²) in [5.74, 6) is -0.161. The smallest absolute Gasteiger partial charge is 0.251 e. The minimum atomic E-state index is -3.52. The summed E-state index contributed by atoms with van der Waals surface area (Å²) in [6.45, 7) is 5.70. The second kappa shape index (κ2) is 11.1. The maximum atomic E-state index is 12.6. The lowest BCUT2D eigenvalue weighted by Crippen LogP contribution is -2.40. The van der Waals surface area contributed by atoms with Gasteiger partial charge < -0.3 is 15.0 Å². The van der Waals surface area contributed by atoms with Gasteiger partial charge in [-0.3, -0.25) is 4.79 Å². The molecule has 2 aliphatic rings. The van der Waals surface area contributed by atoms with Crippen LogP contribution in [0.1, 0.15) is 36.0 Å². The molecule has 28 heavy (non-hydrogen) atoms. The second-order valence-electron chi connectivity index (χ2n) is 7.05. The molecule has 158 valence electrons. The highest BCUT2D eigenvalue weighted by atomic mass is 35.5. The number of sulfonamides is 1. The first-order valence-corrected chi connectivity index (χ1v) is 11.2. The number of carbonyl (C=O) groups excluding carboxylic acids is 1. The number of hydrogen-bond donors (Lipinski definition) is 1. The van der Waals surface area contributed by atoms with E-state index in [1.165, 1.54) is 42.4 Å². The van der Waals surface area contributed by atoms with Crippen LogP contribution in [0.4, 0.5) is 0 Å². The summed E-state index contributed by atoms with van der Waals surface area (Å²) in [7, 11) is -3.52. The molecule has 0 spiro atoms. The molecule has 0 unspecified atom stereocenters. The Morgan fingerprint density at radius 3 is 2.29 bits per heavy atom. The molecule has 2 heterocycles. The number of unbranched alkanes of at least 4 members (excludes halogenated alkanes) is 1. The monoisotopic (exact) mass is 431 g/mol. The summed E-state index contributed by atoms with van der Waals surface area (Å²) in [6.07, 6.45) is 4.63. The van der Waals surface area contributed by atoms with Crippen molar-refractivity contribution in [1.29, 1.82) is 0 Å². The first-order valence-electron chi connectivity index (χ1n) is 9.76. The van der Waals surface area contributed by atoms with Crippen LogP contribution >= 0.6 is 12.4 Å². The molecule has 0 saturated carbocycles. The van der Waals surface area contributed by atoms with Gasteiger partial charge in [-0.05, 0) is 69.6 Å². The zero-order chi connectivity index (χ0) is 19.1. The van der Waals surface area contributed by atoms with Gasteiger partial charge in [0.05, 0.1) is 18.1 Å². The van der Waals surface area contributed by atoms with E-state index in [-0.39, 0.29) is 23.2 Å². The lowest BCUT2D eigenvalue weighted by molar-refractivity contribution is 0.0730. The fraction of sp³-hybridized carbons (Fsp3) is 0.632. The van der Waals surface area contributed by atoms with Crippen LogP contribution in [-0.2, 0) is 14.8 Å². The van der Waals surface area contributed by atoms with Crippen LogP contribution < -0.4 is 5.32 Å². The standard InChI is InChI=1S/C19H29N3O4S.ClH/c23-19(20-9-1-2-10-21-11-3-4-12-21)17-5-7-18(8-6-17)27(24,25)22-13-15-26-16-14-22;/h5-8H,1-4,9-16H2,(H,20,23);1H. The van der Waals surface area contributed by atoms with Crippen molar-refractivity contribution in [3.63, 3.8) is 0 Å². The fourth-order valence-electron chi connectivity index (χ4n) is 3.48. The van der Waals surface area contributed by atoms with Crippen molar-refractivity contribution in [2.24, 2.45) is 0 Å². The third-order valence-electron chi connectivity index (χ3n) is 5.11. The van der Waals surface area contributed by atoms with Crippen molar-refractivity contribution in [2.75, 3.05) is 52.5 Å². The van der Waals surface area contributed by atoms with E-state index in [4.69, 9.17) is 4.74 Å². The molecule has 1 aromatic rings. The van der Waals surface area contributed by atoms with E-state index in [1.807, 2.05) is 0 Å². The van der Waals surface area contributed by atoms with Gasteiger partial charge in [0.1, 0.15) is 0 Å². The number of ether oxygens (including phenoxy) is 1. The molecule has 1 amide bonds. The summed E-state index contributed by atoms with van der Waals surface area (Å²) in [5, 5.41) is 2.91. The molecule has 0 aliphatic carbocycles. The predicted octanol–water partition coefficient (Wildman–Crippen LogP) is 1.74. The SMILES string of the molecule is Cl.O=C(NCCCCN1CCCC1)c1ccc(S(=O)(=O)N2CCOCC2)cc1. The van der Waals surface area contributed by atoms with Gasteiger partial charge in [-0.1, -0.05) is 0 Å². The average Bonchev–Trinajstić information content (AvgIpc) is 3.22. The largest absolute Gasteiger partial charge is 0.379 e. The van der Waals surface area contributed by atoms with Gasteiger partial charge >= 0.3 is 0 Å². The predicted molar refractivity (Wildman–Crippen MR) is 111 cm³/mol. The van der Waals surface area contributed by atoms with E-state index in [0.29, 0.717) is 38.4 Å². The molecule has 7 nitrogen and oxygen atoms in total. The Kier molecular flexibility index (Phi) is 9.17. The minimum Gasteiger partial charge on any atom is -0.379 e. The average molecular weight is 432 g/mol. The summed E-state index contributed by atoms with van der Waals surface area (Å²) in [4.78, 5) is 14.9. The second-order valence-corrected chi connectivity index (χ2v) is 8.99. The molecule has 2 fully saturated rings. The van der Waals surface area contributed by atoms with Crippen molar-refractivity contribution < 1.29 is 17.9 Å². The zero-order valence-corrected chi connectivity index (χ0v) is 17.8. The Morgan fingerprint density at radius 2 is 1.64 bits per heavy atom. The number of nitrogens with one attached hydrogen (secondary N) is 1. The van der Waals surface area contributed by atoms with Gasteiger partial charge in [-0.2, -0.15) is 4.31 Å². The summed E-state index contributed by atoms with van der Waals surface area (Å²) in [5.41, 5.74) is 0.482. The summed E-state index contributed by atoms with van der Waals surface area (Å²) >= 11 is 0. The highest BCUT2D eigenvalue weighted by Crippen LogP contribution is 2.17. The number of benzene rings is 1. The molecule has 3 rings (SSSR count). The molecule has 1 aromatic carbocycles. The topological polar surface area (TPSA) is 79.0 Å². The molecule has 0 radical (unpaired) electrons. The van der Waals surface area contributed by atoms with Gasteiger partial charge in [0.15, 0.2) is 0 Å². The van der Waals surface area contributed by atoms with Crippen LogP contribution in [0.15, 0.2) is 29.2 Å². The van der Waals surface area contributed by atoms with Crippen molar-refractivity contribution in [2.45, 2.75) is 30.6 Å². The highest BCUT2D eigenvalue weighted by Gasteiger charge is 2.26. The number of likely N-dealkylation sites (tertiary alicyclic amines) is 1. The Balaban J connectivity index is 0.00000280. The maximum absolute atomic E-state index is 12.6. The van der Waals surface area contributed by atoms with Gasteiger partial charge in [0.2, 0.25) is 10.0 Å². The van der Waals surface area contributed by atoms with E-state index in [1.54, 1.807) is 12.1 Å². The Bertz CT molecular complexity index is 715. The van der Waals surface area contributed by atoms with Crippen LogP contribution in [0, 0.1) is 0 Å². The van der Waals surface area contributed by atoms with Crippen LogP contribution in [0.5, 0.6) is 0 Å². The lowest BCUT2D eigenvalue weighted by Gasteiger charge is -2.26. The molecule has 1 N–H and O–H groups in total. The van der Waals surface area contributed by atoms with Crippen molar-refractivity contribution in [1.82, 2.24) is 14.5 Å². The maximum Gasteiger partial charge on any atom is 0.251 e. The highest BCUT2D eigenvalue weighted by molar-refractivity contribution is 7.89. The molecule has 0 atom stereocenters. The lowest BCUT2D eigenvalue weighted by atomic mass is 10.2. The van der Waals surface area contributed by atoms with Crippen molar-refractivity contribution in [3.8, 4) is 0 Å². The molecular formula is C19H30ClN3O4S. The van der Waals surface area contributed by atoms with Gasteiger partial charge in [-0.25, -0.2) is 8.42 Å². The molecule has 2 saturated heterocycles. The normalized spacial score (nSPS) is 18.6. The van der Waals surface area contributed by atoms with Crippen LogP contribution in [-0.4, -0.2) is 76.0 Å². The molecular weight excluding hydrogens is 402 g/mol. The fourth-order valence-corrected chi connectivity index (χ4v) is 4.89. The van der Waals surface area contributed by atoms with Gasteiger partial charge in [0, 0.05) is 25.2 Å². The Hall–Kier alpha value is -1.19. The number of carbonyl (C=O) groups is 1. The molecule has 9 heteroatoms. The minimum absolute atomic E-state index is 0. The van der Waals surface area contributed by atoms with E-state index in [2.05, 4.69) is 10.2 Å². The van der Waals surface area contributed by atoms with Crippen LogP contribution in [0.25, 0.3) is 0 Å². The van der Waals surface area contributed by atoms with E-state index in [0.717, 1.165) is 19.4 Å². The number of nitrogens with zero attached hydrogens (tertiary/aromatic N) is 2. The number of amides is 1. The van der Waals surface area contributed by atoms with Crippen LogP contribution in [0.2, 0.25) is 0 Å². The van der Waals surface area contributed by atoms with Gasteiger partial charge in [-0.15, -0.1) is 12.4 Å².